The van der Waals surface area contributed by atoms with Gasteiger partial charge in [-0.25, -0.2) is 0 Å². The summed E-state index contributed by atoms with van der Waals surface area (Å²) in [4.78, 5) is 0. The maximum atomic E-state index is 2.79. The Bertz CT molecular complexity index is 608. The van der Waals surface area contributed by atoms with Crippen LogP contribution in [0.3, 0.4) is 0 Å². The van der Waals surface area contributed by atoms with E-state index in [1.165, 1.54) is 17.8 Å². The first-order valence-corrected chi connectivity index (χ1v) is 9.85. The van der Waals surface area contributed by atoms with Gasteiger partial charge in [0.25, 0.3) is 0 Å². The Morgan fingerprint density at radius 3 is 2.14 bits per heavy atom. The summed E-state index contributed by atoms with van der Waals surface area (Å²) in [7, 11) is 0. The van der Waals surface area contributed by atoms with Crippen molar-refractivity contribution < 1.29 is 0 Å². The van der Waals surface area contributed by atoms with Crippen molar-refractivity contribution in [1.29, 1.82) is 0 Å². The second-order valence-corrected chi connectivity index (χ2v) is 11.3. The van der Waals surface area contributed by atoms with E-state index in [2.05, 4.69) is 34.6 Å². The van der Waals surface area contributed by atoms with E-state index in [4.69, 9.17) is 0 Å². The topological polar surface area (TPSA) is 0 Å². The normalized spacial score (nSPS) is 87.0. The zero-order valence-electron chi connectivity index (χ0n) is 14.4. The van der Waals surface area contributed by atoms with E-state index in [-0.39, 0.29) is 0 Å². The van der Waals surface area contributed by atoms with E-state index in [0.717, 1.165) is 50.7 Å². The molecule has 0 heteroatoms. The molecule has 0 bridgehead atoms. The molecule has 0 aliphatic heterocycles. The molecule has 0 aromatic heterocycles. The SMILES string of the molecule is CC1CC2C3C4C5C6CCC67C(C)CC57C4(C)C3(C)C12C. The van der Waals surface area contributed by atoms with Crippen LogP contribution in [0.15, 0.2) is 0 Å². The second kappa shape index (κ2) is 2.39. The molecule has 0 aromatic rings. The van der Waals surface area contributed by atoms with Crippen LogP contribution in [0.5, 0.6) is 0 Å². The van der Waals surface area contributed by atoms with Gasteiger partial charge in [0.1, 0.15) is 0 Å². The average Bonchev–Trinajstić information content (AvgIpc) is 2.42. The van der Waals surface area contributed by atoms with Gasteiger partial charge >= 0.3 is 0 Å². The molecule has 7 saturated carbocycles. The minimum absolute atomic E-state index is 0.719. The van der Waals surface area contributed by atoms with Crippen molar-refractivity contribution >= 4 is 0 Å². The number of rotatable bonds is 0. The van der Waals surface area contributed by atoms with Crippen LogP contribution in [-0.4, -0.2) is 0 Å². The molecule has 7 aliphatic rings. The van der Waals surface area contributed by atoms with E-state index in [1.54, 1.807) is 25.7 Å². The third-order valence-electron chi connectivity index (χ3n) is 12.9. The Morgan fingerprint density at radius 1 is 0.810 bits per heavy atom. The van der Waals surface area contributed by atoms with Gasteiger partial charge in [0.15, 0.2) is 0 Å². The molecule has 7 aliphatic carbocycles. The van der Waals surface area contributed by atoms with Gasteiger partial charge in [-0.2, -0.15) is 0 Å². The lowest BCUT2D eigenvalue weighted by molar-refractivity contribution is -0.618. The predicted octanol–water partition coefficient (Wildman–Crippen LogP) is 4.99. The lowest BCUT2D eigenvalue weighted by atomic mass is 8.95. The monoisotopic (exact) mass is 282 g/mol. The fourth-order valence-corrected chi connectivity index (χ4v) is 12.3. The van der Waals surface area contributed by atoms with Crippen molar-refractivity contribution in [2.24, 2.45) is 68.5 Å². The third kappa shape index (κ3) is 0.545. The smallest absolute Gasteiger partial charge is 0.0137 e. The number of hydrogen-bond acceptors (Lipinski definition) is 0. The van der Waals surface area contributed by atoms with Crippen LogP contribution in [-0.2, 0) is 0 Å². The minimum Gasteiger partial charge on any atom is -0.0619 e. The number of fused-ring (bicyclic) bond motifs is 9. The quantitative estimate of drug-likeness (QED) is 0.587. The molecule has 0 radical (unpaired) electrons. The van der Waals surface area contributed by atoms with E-state index in [1.807, 2.05) is 0 Å². The molecule has 0 saturated heterocycles. The summed E-state index contributed by atoms with van der Waals surface area (Å²) in [6.07, 6.45) is 6.38. The van der Waals surface area contributed by atoms with Gasteiger partial charge in [-0.1, -0.05) is 34.6 Å². The fraction of sp³-hybridized carbons (Fsp3) is 1.00. The average molecular weight is 282 g/mol. The molecule has 7 rings (SSSR count). The van der Waals surface area contributed by atoms with Crippen LogP contribution in [0.25, 0.3) is 0 Å². The molecule has 12 atom stereocenters. The lowest BCUT2D eigenvalue weighted by Crippen LogP contribution is -3.04. The molecule has 0 nitrogen and oxygen atoms in total. The van der Waals surface area contributed by atoms with Gasteiger partial charge in [-0.15, -0.1) is 0 Å². The second-order valence-electron chi connectivity index (χ2n) is 11.3. The summed E-state index contributed by atoms with van der Waals surface area (Å²) in [5.41, 5.74) is 3.90. The Morgan fingerprint density at radius 2 is 1.57 bits per heavy atom. The Hall–Kier alpha value is 0. The maximum Gasteiger partial charge on any atom is -0.0137 e. The summed E-state index contributed by atoms with van der Waals surface area (Å²) >= 11 is 0. The summed E-state index contributed by atoms with van der Waals surface area (Å²) in [6.45, 7) is 13.4. The Balaban J connectivity index is 1.41. The highest BCUT2D eigenvalue weighted by Crippen LogP contribution is 3.09. The summed E-state index contributed by atoms with van der Waals surface area (Å²) in [6, 6.07) is 0. The van der Waals surface area contributed by atoms with Crippen molar-refractivity contribution in [2.45, 2.75) is 60.3 Å². The molecular weight excluding hydrogens is 252 g/mol. The molecule has 0 amide bonds. The molecular formula is C21H30. The highest BCUT2D eigenvalue weighted by Gasteiger charge is 3.05. The molecule has 0 aromatic carbocycles. The molecule has 0 N–H and O–H groups in total. The Labute approximate surface area is 129 Å². The van der Waals surface area contributed by atoms with Crippen LogP contribution in [0.1, 0.15) is 60.3 Å². The van der Waals surface area contributed by atoms with Crippen LogP contribution >= 0.6 is 0 Å². The molecule has 114 valence electrons. The summed E-state index contributed by atoms with van der Waals surface area (Å²) < 4.78 is 0. The van der Waals surface area contributed by atoms with Gasteiger partial charge in [0, 0.05) is 0 Å². The molecule has 0 heterocycles. The van der Waals surface area contributed by atoms with Crippen molar-refractivity contribution in [2.75, 3.05) is 0 Å². The van der Waals surface area contributed by atoms with Gasteiger partial charge in [0.2, 0.25) is 0 Å². The van der Waals surface area contributed by atoms with Crippen molar-refractivity contribution in [3.63, 3.8) is 0 Å². The minimum atomic E-state index is 0.719. The fourth-order valence-electron chi connectivity index (χ4n) is 12.3. The van der Waals surface area contributed by atoms with Crippen LogP contribution in [0.2, 0.25) is 0 Å². The summed E-state index contributed by atoms with van der Waals surface area (Å²) in [5.74, 6) is 7.89. The molecule has 12 unspecified atom stereocenters. The van der Waals surface area contributed by atoms with E-state index in [9.17, 15) is 0 Å². The molecule has 7 fully saturated rings. The zero-order valence-corrected chi connectivity index (χ0v) is 14.4. The highest BCUT2D eigenvalue weighted by molar-refractivity contribution is 5.51. The summed E-state index contributed by atoms with van der Waals surface area (Å²) in [5, 5.41) is 0. The van der Waals surface area contributed by atoms with Gasteiger partial charge in [-0.05, 0) is 94.2 Å². The zero-order chi connectivity index (χ0) is 14.4. The van der Waals surface area contributed by atoms with Gasteiger partial charge in [-0.3, -0.25) is 0 Å². The van der Waals surface area contributed by atoms with Crippen LogP contribution in [0.4, 0.5) is 0 Å². The third-order valence-corrected chi connectivity index (χ3v) is 12.9. The first kappa shape index (κ1) is 11.5. The first-order valence-electron chi connectivity index (χ1n) is 9.85. The van der Waals surface area contributed by atoms with E-state index in [0.29, 0.717) is 0 Å². The molecule has 21 heavy (non-hydrogen) atoms. The van der Waals surface area contributed by atoms with Crippen molar-refractivity contribution in [1.82, 2.24) is 0 Å². The van der Waals surface area contributed by atoms with Crippen molar-refractivity contribution in [3.8, 4) is 0 Å². The maximum absolute atomic E-state index is 2.79. The predicted molar refractivity (Wildman–Crippen MR) is 83.4 cm³/mol. The standard InChI is InChI=1S/C21H30/c1-10-8-13-14-16-15-12-6-7-20(12)11(2)9-21(15,20)19(16,5)18(14,4)17(10,13)3/h10-16H,6-9H2,1-5H3. The van der Waals surface area contributed by atoms with Crippen LogP contribution in [0, 0.1) is 68.5 Å². The van der Waals surface area contributed by atoms with Gasteiger partial charge in [0.05, 0.1) is 0 Å². The molecule has 2 spiro atoms. The number of hydrogen-bond donors (Lipinski definition) is 0. The Kier molecular flexibility index (Phi) is 1.31. The van der Waals surface area contributed by atoms with Crippen LogP contribution < -0.4 is 0 Å². The largest absolute Gasteiger partial charge is 0.0619 e. The lowest BCUT2D eigenvalue weighted by Gasteiger charge is -3.08. The van der Waals surface area contributed by atoms with E-state index < -0.39 is 0 Å². The van der Waals surface area contributed by atoms with E-state index >= 15 is 0 Å². The highest BCUT2D eigenvalue weighted by atomic mass is 15.1. The first-order chi connectivity index (χ1) is 9.85. The van der Waals surface area contributed by atoms with Gasteiger partial charge < -0.3 is 0 Å². The van der Waals surface area contributed by atoms with Crippen molar-refractivity contribution in [3.05, 3.63) is 0 Å².